The first-order valence-corrected chi connectivity index (χ1v) is 9.64. The van der Waals surface area contributed by atoms with Crippen LogP contribution in [0.1, 0.15) is 0 Å². The second-order valence-electron chi connectivity index (χ2n) is 5.53. The van der Waals surface area contributed by atoms with Gasteiger partial charge >= 0.3 is 0 Å². The highest BCUT2D eigenvalue weighted by Gasteiger charge is 2.16. The molecule has 0 unspecified atom stereocenters. The molecule has 140 valence electrons. The summed E-state index contributed by atoms with van der Waals surface area (Å²) in [5, 5.41) is 12.7. The predicted molar refractivity (Wildman–Crippen MR) is 109 cm³/mol. The lowest BCUT2D eigenvalue weighted by Crippen LogP contribution is -2.14. The van der Waals surface area contributed by atoms with Crippen LogP contribution in [0.4, 0.5) is 5.69 Å². The molecule has 3 aromatic rings. The standard InChI is InChI=1S/C18H16Cl2N4O2S/c1-24-17(12-5-3-4-6-15(12)26-2)22-23-18(24)27-10-16(25)21-14-9-11(19)7-8-13(14)20/h3-9H,10H2,1-2H3,(H,21,25). The van der Waals surface area contributed by atoms with E-state index in [1.165, 1.54) is 11.8 Å². The van der Waals surface area contributed by atoms with Gasteiger partial charge in [0.2, 0.25) is 5.91 Å². The number of carbonyl (C=O) groups is 1. The fourth-order valence-corrected chi connectivity index (χ4v) is 3.46. The third kappa shape index (κ3) is 4.55. The zero-order valence-electron chi connectivity index (χ0n) is 14.6. The molecule has 9 heteroatoms. The van der Waals surface area contributed by atoms with Crippen molar-refractivity contribution >= 4 is 46.6 Å². The number of hydrogen-bond acceptors (Lipinski definition) is 5. The minimum atomic E-state index is -0.217. The second kappa shape index (κ2) is 8.65. The van der Waals surface area contributed by atoms with E-state index >= 15 is 0 Å². The molecule has 3 rings (SSSR count). The number of thioether (sulfide) groups is 1. The van der Waals surface area contributed by atoms with Crippen LogP contribution in [0, 0.1) is 0 Å². The largest absolute Gasteiger partial charge is 0.496 e. The number of hydrogen-bond donors (Lipinski definition) is 1. The molecule has 2 aromatic carbocycles. The van der Waals surface area contributed by atoms with E-state index in [-0.39, 0.29) is 11.7 Å². The number of halogens is 2. The van der Waals surface area contributed by atoms with Gasteiger partial charge in [-0.3, -0.25) is 4.79 Å². The molecule has 1 amide bonds. The Hall–Kier alpha value is -2.22. The fourth-order valence-electron chi connectivity index (χ4n) is 2.41. The normalized spacial score (nSPS) is 10.7. The van der Waals surface area contributed by atoms with E-state index in [0.717, 1.165) is 5.56 Å². The first-order valence-electron chi connectivity index (χ1n) is 7.90. The Labute approximate surface area is 170 Å². The number of nitrogens with zero attached hydrogens (tertiary/aromatic N) is 3. The number of para-hydroxylation sites is 1. The van der Waals surface area contributed by atoms with E-state index in [2.05, 4.69) is 15.5 Å². The highest BCUT2D eigenvalue weighted by atomic mass is 35.5. The van der Waals surface area contributed by atoms with Gasteiger partial charge in [-0.2, -0.15) is 0 Å². The van der Waals surface area contributed by atoms with E-state index in [1.54, 1.807) is 25.3 Å². The average molecular weight is 423 g/mol. The van der Waals surface area contributed by atoms with Crippen molar-refractivity contribution in [1.82, 2.24) is 14.8 Å². The summed E-state index contributed by atoms with van der Waals surface area (Å²) in [5.41, 5.74) is 1.31. The monoisotopic (exact) mass is 422 g/mol. The molecule has 0 spiro atoms. The molecule has 0 aliphatic rings. The molecular weight excluding hydrogens is 407 g/mol. The van der Waals surface area contributed by atoms with Gasteiger partial charge in [0, 0.05) is 12.1 Å². The maximum Gasteiger partial charge on any atom is 0.234 e. The zero-order valence-corrected chi connectivity index (χ0v) is 16.9. The van der Waals surface area contributed by atoms with Crippen molar-refractivity contribution in [1.29, 1.82) is 0 Å². The molecule has 0 radical (unpaired) electrons. The van der Waals surface area contributed by atoms with Gasteiger partial charge < -0.3 is 14.6 Å². The van der Waals surface area contributed by atoms with Crippen LogP contribution < -0.4 is 10.1 Å². The van der Waals surface area contributed by atoms with Gasteiger partial charge in [-0.05, 0) is 30.3 Å². The molecule has 1 heterocycles. The Balaban J connectivity index is 1.69. The van der Waals surface area contributed by atoms with Gasteiger partial charge in [0.05, 0.1) is 29.1 Å². The second-order valence-corrected chi connectivity index (χ2v) is 7.31. The topological polar surface area (TPSA) is 69.0 Å². The lowest BCUT2D eigenvalue weighted by atomic mass is 10.2. The molecule has 0 fully saturated rings. The van der Waals surface area contributed by atoms with Crippen molar-refractivity contribution < 1.29 is 9.53 Å². The summed E-state index contributed by atoms with van der Waals surface area (Å²) in [7, 11) is 3.45. The summed E-state index contributed by atoms with van der Waals surface area (Å²) in [4.78, 5) is 12.2. The molecule has 0 aliphatic carbocycles. The molecular formula is C18H16Cl2N4O2S. The van der Waals surface area contributed by atoms with Gasteiger partial charge in [-0.15, -0.1) is 10.2 Å². The van der Waals surface area contributed by atoms with Crippen molar-refractivity contribution in [3.05, 3.63) is 52.5 Å². The first-order chi connectivity index (χ1) is 13.0. The number of anilines is 1. The summed E-state index contributed by atoms with van der Waals surface area (Å²) < 4.78 is 7.20. The summed E-state index contributed by atoms with van der Waals surface area (Å²) in [6.45, 7) is 0. The summed E-state index contributed by atoms with van der Waals surface area (Å²) in [6.07, 6.45) is 0. The van der Waals surface area contributed by atoms with Crippen LogP contribution in [-0.4, -0.2) is 33.5 Å². The minimum Gasteiger partial charge on any atom is -0.496 e. The van der Waals surface area contributed by atoms with E-state index in [0.29, 0.717) is 32.5 Å². The van der Waals surface area contributed by atoms with E-state index in [1.807, 2.05) is 35.9 Å². The van der Waals surface area contributed by atoms with Crippen LogP contribution in [0.15, 0.2) is 47.6 Å². The Kier molecular flexibility index (Phi) is 6.26. The summed E-state index contributed by atoms with van der Waals surface area (Å²) in [5.74, 6) is 1.30. The highest BCUT2D eigenvalue weighted by Crippen LogP contribution is 2.30. The van der Waals surface area contributed by atoms with Crippen molar-refractivity contribution in [2.45, 2.75) is 5.16 Å². The third-order valence-electron chi connectivity index (χ3n) is 3.72. The minimum absolute atomic E-state index is 0.154. The Morgan fingerprint density at radius 3 is 2.78 bits per heavy atom. The fraction of sp³-hybridized carbons (Fsp3) is 0.167. The van der Waals surface area contributed by atoms with E-state index in [4.69, 9.17) is 27.9 Å². The van der Waals surface area contributed by atoms with E-state index in [9.17, 15) is 4.79 Å². The van der Waals surface area contributed by atoms with Crippen LogP contribution in [0.2, 0.25) is 10.0 Å². The number of benzene rings is 2. The number of carbonyl (C=O) groups excluding carboxylic acids is 1. The van der Waals surface area contributed by atoms with Crippen molar-refractivity contribution in [2.24, 2.45) is 7.05 Å². The Morgan fingerprint density at radius 2 is 2.00 bits per heavy atom. The number of amides is 1. The van der Waals surface area contributed by atoms with Gasteiger partial charge in [0.25, 0.3) is 0 Å². The molecule has 0 saturated heterocycles. The first kappa shape index (κ1) is 19.5. The van der Waals surface area contributed by atoms with Gasteiger partial charge in [-0.25, -0.2) is 0 Å². The maximum absolute atomic E-state index is 12.2. The zero-order chi connectivity index (χ0) is 19.4. The van der Waals surface area contributed by atoms with Crippen LogP contribution in [0.5, 0.6) is 5.75 Å². The quantitative estimate of drug-likeness (QED) is 0.590. The smallest absolute Gasteiger partial charge is 0.234 e. The molecule has 0 bridgehead atoms. The summed E-state index contributed by atoms with van der Waals surface area (Å²) in [6, 6.07) is 12.5. The number of nitrogens with one attached hydrogen (secondary N) is 1. The number of methoxy groups -OCH3 is 1. The van der Waals surface area contributed by atoms with Crippen molar-refractivity contribution in [3.63, 3.8) is 0 Å². The highest BCUT2D eigenvalue weighted by molar-refractivity contribution is 7.99. The van der Waals surface area contributed by atoms with Crippen LogP contribution in [0.25, 0.3) is 11.4 Å². The van der Waals surface area contributed by atoms with Gasteiger partial charge in [-0.1, -0.05) is 47.1 Å². The Bertz CT molecular complexity index is 978. The maximum atomic E-state index is 12.2. The molecule has 1 aromatic heterocycles. The average Bonchev–Trinajstić information content (AvgIpc) is 3.03. The Morgan fingerprint density at radius 1 is 1.22 bits per heavy atom. The van der Waals surface area contributed by atoms with Gasteiger partial charge in [0.1, 0.15) is 5.75 Å². The SMILES string of the molecule is COc1ccccc1-c1nnc(SCC(=O)Nc2cc(Cl)ccc2Cl)n1C. The predicted octanol–water partition coefficient (Wildman–Crippen LogP) is 4.53. The van der Waals surface area contributed by atoms with Crippen molar-refractivity contribution in [2.75, 3.05) is 18.2 Å². The van der Waals surface area contributed by atoms with Crippen LogP contribution in [-0.2, 0) is 11.8 Å². The third-order valence-corrected chi connectivity index (χ3v) is 5.30. The number of rotatable bonds is 6. The molecule has 27 heavy (non-hydrogen) atoms. The molecule has 6 nitrogen and oxygen atoms in total. The van der Waals surface area contributed by atoms with Crippen molar-refractivity contribution in [3.8, 4) is 17.1 Å². The lowest BCUT2D eigenvalue weighted by Gasteiger charge is -2.09. The molecule has 0 aliphatic heterocycles. The summed E-state index contributed by atoms with van der Waals surface area (Å²) >= 11 is 13.3. The lowest BCUT2D eigenvalue weighted by molar-refractivity contribution is -0.113. The van der Waals surface area contributed by atoms with Crippen LogP contribution >= 0.6 is 35.0 Å². The number of aromatic nitrogens is 3. The molecule has 0 saturated carbocycles. The number of ether oxygens (including phenoxy) is 1. The molecule has 0 atom stereocenters. The van der Waals surface area contributed by atoms with E-state index < -0.39 is 0 Å². The molecule has 1 N–H and O–H groups in total. The van der Waals surface area contributed by atoms with Crippen LogP contribution in [0.3, 0.4) is 0 Å². The van der Waals surface area contributed by atoms with Gasteiger partial charge in [0.15, 0.2) is 11.0 Å².